The van der Waals surface area contributed by atoms with E-state index in [4.69, 9.17) is 4.42 Å². The van der Waals surface area contributed by atoms with Crippen molar-refractivity contribution in [2.75, 3.05) is 9.71 Å². The van der Waals surface area contributed by atoms with Crippen LogP contribution in [0.3, 0.4) is 0 Å². The van der Waals surface area contributed by atoms with E-state index in [-0.39, 0.29) is 34.0 Å². The lowest BCUT2D eigenvalue weighted by Crippen LogP contribution is -2.64. The van der Waals surface area contributed by atoms with Crippen LogP contribution in [0.4, 0.5) is 22.7 Å². The summed E-state index contributed by atoms with van der Waals surface area (Å²) in [5.74, 6) is 0. The molecule has 3 nitrogen and oxygen atoms in total. The predicted octanol–water partition coefficient (Wildman–Crippen LogP) is 13.4. The monoisotopic (exact) mass is 758 g/mol. The molecule has 0 amide bonds. The highest BCUT2D eigenvalue weighted by Crippen LogP contribution is 2.64. The van der Waals surface area contributed by atoms with Gasteiger partial charge in [0, 0.05) is 49.9 Å². The fraction of sp³-hybridized carbons (Fsp3) is 0.370. The number of fused-ring (bicyclic) bond motifs is 14. The molecular formula is C54H55BN2O. The number of rotatable bonds is 1. The van der Waals surface area contributed by atoms with Crippen molar-refractivity contribution in [2.45, 2.75) is 128 Å². The van der Waals surface area contributed by atoms with Gasteiger partial charge in [-0.05, 0) is 135 Å². The highest BCUT2D eigenvalue weighted by atomic mass is 16.3. The Balaban J connectivity index is 1.28. The minimum Gasteiger partial charge on any atom is -0.456 e. The zero-order valence-corrected chi connectivity index (χ0v) is 35.9. The first-order chi connectivity index (χ1) is 27.6. The molecule has 6 aromatic carbocycles. The molecule has 1 aromatic heterocycles. The van der Waals surface area contributed by atoms with Gasteiger partial charge in [0.2, 0.25) is 0 Å². The third-order valence-corrected chi connectivity index (χ3v) is 16.4. The van der Waals surface area contributed by atoms with Crippen molar-refractivity contribution in [3.8, 4) is 11.1 Å². The third-order valence-electron chi connectivity index (χ3n) is 16.4. The van der Waals surface area contributed by atoms with E-state index in [1.807, 2.05) is 0 Å². The molecule has 2 unspecified atom stereocenters. The summed E-state index contributed by atoms with van der Waals surface area (Å²) >= 11 is 0. The van der Waals surface area contributed by atoms with E-state index < -0.39 is 0 Å². The van der Waals surface area contributed by atoms with Gasteiger partial charge in [0.05, 0.1) is 5.54 Å². The third kappa shape index (κ3) is 4.22. The van der Waals surface area contributed by atoms with Crippen molar-refractivity contribution in [3.05, 3.63) is 119 Å². The molecule has 0 N–H and O–H groups in total. The molecule has 0 radical (unpaired) electrons. The van der Waals surface area contributed by atoms with E-state index in [9.17, 15) is 0 Å². The van der Waals surface area contributed by atoms with Crippen LogP contribution in [0.25, 0.3) is 43.8 Å². The Hall–Kier alpha value is -4.96. The average molecular weight is 759 g/mol. The molecule has 7 aromatic rings. The Morgan fingerprint density at radius 1 is 0.638 bits per heavy atom. The molecular weight excluding hydrogens is 703 g/mol. The van der Waals surface area contributed by atoms with Gasteiger partial charge in [0.1, 0.15) is 11.2 Å². The summed E-state index contributed by atoms with van der Waals surface area (Å²) in [7, 11) is 0. The largest absolute Gasteiger partial charge is 0.456 e. The van der Waals surface area contributed by atoms with E-state index in [2.05, 4.69) is 169 Å². The molecule has 0 saturated heterocycles. The van der Waals surface area contributed by atoms with Gasteiger partial charge in [0.25, 0.3) is 0 Å². The topological polar surface area (TPSA) is 19.6 Å². The van der Waals surface area contributed by atoms with Gasteiger partial charge >= 0.3 is 6.85 Å². The zero-order chi connectivity index (χ0) is 39.9. The number of hydrogen-bond acceptors (Lipinski definition) is 3. The van der Waals surface area contributed by atoms with Crippen molar-refractivity contribution < 1.29 is 4.42 Å². The molecule has 4 heterocycles. The van der Waals surface area contributed by atoms with Gasteiger partial charge in [-0.1, -0.05) is 123 Å². The van der Waals surface area contributed by atoms with E-state index in [0.29, 0.717) is 0 Å². The fourth-order valence-electron chi connectivity index (χ4n) is 12.7. The van der Waals surface area contributed by atoms with E-state index in [1.165, 1.54) is 122 Å². The van der Waals surface area contributed by atoms with Crippen molar-refractivity contribution in [3.63, 3.8) is 0 Å². The number of furan rings is 1. The second kappa shape index (κ2) is 11.0. The van der Waals surface area contributed by atoms with Crippen LogP contribution < -0.4 is 20.6 Å². The average Bonchev–Trinajstić information content (AvgIpc) is 3.67. The molecule has 2 atom stereocenters. The van der Waals surface area contributed by atoms with Crippen molar-refractivity contribution in [2.24, 2.45) is 0 Å². The predicted molar refractivity (Wildman–Crippen MR) is 247 cm³/mol. The van der Waals surface area contributed by atoms with Gasteiger partial charge in [-0.2, -0.15) is 0 Å². The summed E-state index contributed by atoms with van der Waals surface area (Å²) < 4.78 is 7.02. The Morgan fingerprint density at radius 2 is 1.34 bits per heavy atom. The lowest BCUT2D eigenvalue weighted by atomic mass is 9.42. The van der Waals surface area contributed by atoms with E-state index in [0.717, 1.165) is 11.2 Å². The highest BCUT2D eigenvalue weighted by molar-refractivity contribution is 6.94. The Morgan fingerprint density at radius 3 is 2.10 bits per heavy atom. The molecule has 12 rings (SSSR count). The quantitative estimate of drug-likeness (QED) is 0.155. The molecule has 5 aliphatic rings. The highest BCUT2D eigenvalue weighted by Gasteiger charge is 2.62. The first-order valence-electron chi connectivity index (χ1n) is 22.1. The summed E-state index contributed by atoms with van der Waals surface area (Å²) in [5, 5.41) is 5.16. The van der Waals surface area contributed by atoms with Crippen LogP contribution in [-0.4, -0.2) is 12.4 Å². The number of anilines is 4. The first-order valence-corrected chi connectivity index (χ1v) is 22.1. The van der Waals surface area contributed by atoms with Gasteiger partial charge in [-0.15, -0.1) is 0 Å². The van der Waals surface area contributed by atoms with Gasteiger partial charge in [-0.3, -0.25) is 0 Å². The van der Waals surface area contributed by atoms with Crippen LogP contribution in [0.15, 0.2) is 101 Å². The van der Waals surface area contributed by atoms with Crippen molar-refractivity contribution in [1.82, 2.24) is 0 Å². The standard InChI is InChI=1S/C54H55BN2O/c1-50(2,3)33-28-40-49-41(29-33)55-47-37(27-32-17-13-14-20-35(32)48(47)56(49)54(9)24-16-15-23-53(40,54)8)45-42(57(55)34-18-11-10-12-19-34)21-22-43-46(45)36-30-38-39(31-44(36)58-43)52(6,7)26-25-51(38,4)5/h10-14,17-22,27-31H,15-16,23-26H2,1-9H3. The SMILES string of the molecule is CC(C)(C)c1cc2c3c(c1)C1(C)CCCCC1(C)N3c1c3c(cc4ccccc14)-c1c(ccc4oc5cc6c(cc5c14)C(C)(C)CCC6(C)C)N(c1ccccc1)B23. The molecule has 0 bridgehead atoms. The van der Waals surface area contributed by atoms with Gasteiger partial charge < -0.3 is 14.1 Å². The molecule has 290 valence electrons. The maximum Gasteiger partial charge on any atom is 0.333 e. The van der Waals surface area contributed by atoms with E-state index >= 15 is 0 Å². The van der Waals surface area contributed by atoms with Crippen LogP contribution in [0.5, 0.6) is 0 Å². The summed E-state index contributed by atoms with van der Waals surface area (Å²) in [6, 6.07) is 37.9. The first kappa shape index (κ1) is 35.0. The van der Waals surface area contributed by atoms with Gasteiger partial charge in [0.15, 0.2) is 0 Å². The maximum absolute atomic E-state index is 7.02. The minimum atomic E-state index is -0.0641. The van der Waals surface area contributed by atoms with Crippen LogP contribution in [-0.2, 0) is 21.7 Å². The summed E-state index contributed by atoms with van der Waals surface area (Å²) in [5.41, 5.74) is 19.0. The molecule has 58 heavy (non-hydrogen) atoms. The van der Waals surface area contributed by atoms with Crippen molar-refractivity contribution in [1.29, 1.82) is 0 Å². The number of benzene rings is 6. The second-order valence-corrected chi connectivity index (χ2v) is 21.5. The number of nitrogens with zero attached hydrogens (tertiary/aromatic N) is 2. The van der Waals surface area contributed by atoms with Crippen molar-refractivity contribution >= 4 is 73.2 Å². The number of para-hydroxylation sites is 1. The molecule has 1 fully saturated rings. The molecule has 2 aliphatic carbocycles. The summed E-state index contributed by atoms with van der Waals surface area (Å²) in [4.78, 5) is 5.62. The van der Waals surface area contributed by atoms with Crippen LogP contribution in [0, 0.1) is 0 Å². The zero-order valence-electron chi connectivity index (χ0n) is 35.9. The summed E-state index contributed by atoms with van der Waals surface area (Å²) in [6.45, 7) is 22.1. The molecule has 0 spiro atoms. The lowest BCUT2D eigenvalue weighted by molar-refractivity contribution is 0.195. The van der Waals surface area contributed by atoms with Crippen LogP contribution in [0.2, 0.25) is 0 Å². The minimum absolute atomic E-state index is 0.000372. The molecule has 3 aliphatic heterocycles. The lowest BCUT2D eigenvalue weighted by Gasteiger charge is -2.53. The molecule has 1 saturated carbocycles. The second-order valence-electron chi connectivity index (χ2n) is 21.5. The fourth-order valence-corrected chi connectivity index (χ4v) is 12.7. The Bertz CT molecular complexity index is 2950. The number of hydrogen-bond donors (Lipinski definition) is 0. The van der Waals surface area contributed by atoms with E-state index in [1.54, 1.807) is 5.56 Å². The molecule has 4 heteroatoms. The normalized spacial score (nSPS) is 23.5. The van der Waals surface area contributed by atoms with Crippen LogP contribution >= 0.6 is 0 Å². The smallest absolute Gasteiger partial charge is 0.333 e. The Labute approximate surface area is 344 Å². The van der Waals surface area contributed by atoms with Crippen LogP contribution in [0.1, 0.15) is 123 Å². The van der Waals surface area contributed by atoms with Gasteiger partial charge in [-0.25, -0.2) is 0 Å². The Kier molecular flexibility index (Phi) is 6.64. The maximum atomic E-state index is 7.02. The summed E-state index contributed by atoms with van der Waals surface area (Å²) in [6.07, 6.45) is 7.28.